The highest BCUT2D eigenvalue weighted by atomic mass is 16.3. The highest BCUT2D eigenvalue weighted by molar-refractivity contribution is 6.00. The summed E-state index contributed by atoms with van der Waals surface area (Å²) >= 11 is 0. The van der Waals surface area contributed by atoms with Crippen molar-refractivity contribution in [3.63, 3.8) is 0 Å². The van der Waals surface area contributed by atoms with Crippen molar-refractivity contribution in [1.82, 2.24) is 4.90 Å². The van der Waals surface area contributed by atoms with Crippen LogP contribution in [0.4, 0.5) is 11.4 Å². The average Bonchev–Trinajstić information content (AvgIpc) is 1.08. The van der Waals surface area contributed by atoms with E-state index in [4.69, 9.17) is 22.0 Å². The van der Waals surface area contributed by atoms with Gasteiger partial charge in [-0.25, -0.2) is 0 Å². The molecule has 4 heteroatoms. The van der Waals surface area contributed by atoms with E-state index in [0.29, 0.717) is 17.8 Å². The molecule has 4 aliphatic carbocycles. The molecule has 4 nitrogen and oxygen atoms in total. The second-order valence-corrected chi connectivity index (χ2v) is 27.7. The van der Waals surface area contributed by atoms with E-state index >= 15 is 0 Å². The molecule has 3 fully saturated rings. The first-order chi connectivity index (χ1) is 46.1. The van der Waals surface area contributed by atoms with Crippen molar-refractivity contribution in [3.05, 3.63) is 217 Å². The molecule has 0 atom stereocenters. The number of para-hydroxylation sites is 2. The van der Waals surface area contributed by atoms with Crippen molar-refractivity contribution in [1.29, 1.82) is 0 Å². The first kappa shape index (κ1) is 69.3. The number of hydrogen-bond acceptors (Lipinski definition) is 4. The first-order valence-electron chi connectivity index (χ1n) is 37.2. The van der Waals surface area contributed by atoms with Gasteiger partial charge in [-0.2, -0.15) is 0 Å². The number of unbranched alkanes of at least 4 members (excludes halogenated alkanes) is 4. The third-order valence-corrected chi connectivity index (χ3v) is 20.9. The van der Waals surface area contributed by atoms with E-state index in [2.05, 4.69) is 235 Å². The summed E-state index contributed by atoms with van der Waals surface area (Å²) in [5.41, 5.74) is 15.3. The number of anilines is 2. The van der Waals surface area contributed by atoms with Crippen LogP contribution >= 0.6 is 0 Å². The Balaban J connectivity index is 0.00000129. The molecule has 0 spiro atoms. The van der Waals surface area contributed by atoms with Crippen molar-refractivity contribution < 1.29 is 8.83 Å². The Morgan fingerprint density at radius 2 is 1.30 bits per heavy atom. The summed E-state index contributed by atoms with van der Waals surface area (Å²) in [4.78, 5) is 4.84. The third kappa shape index (κ3) is 16.6. The molecule has 2 bridgehead atoms. The summed E-state index contributed by atoms with van der Waals surface area (Å²) in [7, 11) is 0. The van der Waals surface area contributed by atoms with E-state index in [1.54, 1.807) is 0 Å². The van der Waals surface area contributed by atoms with Crippen LogP contribution in [-0.2, 0) is 6.42 Å². The van der Waals surface area contributed by atoms with E-state index in [1.807, 2.05) is 0 Å². The van der Waals surface area contributed by atoms with Gasteiger partial charge in [0.15, 0.2) is 10.8 Å². The molecule has 0 N–H and O–H groups in total. The van der Waals surface area contributed by atoms with E-state index in [1.165, 1.54) is 157 Å². The summed E-state index contributed by atoms with van der Waals surface area (Å²) in [5, 5.41) is 8.78. The molecule has 0 saturated heterocycles. The molecular formula is C90H112N2O2. The molecular weight excluding hydrogens is 1140 g/mol. The molecule has 0 unspecified atom stereocenters. The van der Waals surface area contributed by atoms with Gasteiger partial charge in [-0.15, -0.1) is 0 Å². The number of aryl methyl sites for hydroxylation is 1. The number of rotatable bonds is 23. The van der Waals surface area contributed by atoms with Crippen molar-refractivity contribution in [2.24, 2.45) is 11.8 Å². The van der Waals surface area contributed by atoms with Crippen LogP contribution in [0, 0.1) is 11.8 Å². The number of benzene rings is 5. The van der Waals surface area contributed by atoms with Gasteiger partial charge in [-0.3, -0.25) is 0 Å². The zero-order valence-corrected chi connectivity index (χ0v) is 59.0. The lowest BCUT2D eigenvalue weighted by Gasteiger charge is -2.29. The molecule has 2 aromatic heterocycles. The Kier molecular flexibility index (Phi) is 25.6. The van der Waals surface area contributed by atoms with Crippen LogP contribution in [0.25, 0.3) is 75.1 Å². The molecule has 0 aliphatic heterocycles. The van der Waals surface area contributed by atoms with Crippen molar-refractivity contribution in [2.45, 2.75) is 234 Å². The summed E-state index contributed by atoms with van der Waals surface area (Å²) in [6.45, 7) is 27.7. The van der Waals surface area contributed by atoms with Gasteiger partial charge in [0.25, 0.3) is 0 Å². The lowest BCUT2D eigenvalue weighted by atomic mass is 9.83. The maximum absolute atomic E-state index is 7.35. The molecule has 4 aliphatic rings. The topological polar surface area (TPSA) is 32.8 Å². The van der Waals surface area contributed by atoms with Gasteiger partial charge in [0.1, 0.15) is 11.2 Å². The van der Waals surface area contributed by atoms with Gasteiger partial charge in [0.2, 0.25) is 0 Å². The molecule has 11 rings (SSSR count). The quantitative estimate of drug-likeness (QED) is 0.0472. The molecule has 494 valence electrons. The first-order valence-corrected chi connectivity index (χ1v) is 37.2. The minimum Gasteiger partial charge on any atom is -0.454 e. The normalized spacial score (nSPS) is 18.6. The smallest absolute Gasteiger partial charge is 0.154 e. The predicted molar refractivity (Wildman–Crippen MR) is 410 cm³/mol. The van der Waals surface area contributed by atoms with Crippen LogP contribution < -0.4 is 36.6 Å². The predicted octanol–water partition coefficient (Wildman–Crippen LogP) is 22.7. The minimum atomic E-state index is 0.488. The Morgan fingerprint density at radius 1 is 0.649 bits per heavy atom. The Morgan fingerprint density at radius 3 is 1.97 bits per heavy atom. The maximum Gasteiger partial charge on any atom is 0.154 e. The summed E-state index contributed by atoms with van der Waals surface area (Å²) < 4.78 is 14.7. The summed E-state index contributed by atoms with van der Waals surface area (Å²) in [6.07, 6.45) is 63.9. The zero-order chi connectivity index (χ0) is 65.8. The summed E-state index contributed by atoms with van der Waals surface area (Å²) in [6, 6.07) is 32.3. The lowest BCUT2D eigenvalue weighted by Crippen LogP contribution is -2.34. The second kappa shape index (κ2) is 34.7. The van der Waals surface area contributed by atoms with Gasteiger partial charge in [-0.1, -0.05) is 289 Å². The van der Waals surface area contributed by atoms with Crippen LogP contribution in [0.2, 0.25) is 0 Å². The SMILES string of the molecule is C=C(/C=C\C(=C/C)N(\C=c1/oc2c(C3CCCCC3)cccc2/c1=C/C=C\C)C1=c2\ccc3ccc(N(\C(C)=c4/oc5c(CCCCCCC)cccc5/c4=C/C=C\C)c4ccc(C(CCC)CCC)cc4)c(c3c2=C)/C=C\C/C=C\1)C1CCCCC1.CC1CCCCC1. The van der Waals surface area contributed by atoms with Crippen molar-refractivity contribution in [3.8, 4) is 0 Å². The van der Waals surface area contributed by atoms with E-state index in [0.717, 1.165) is 136 Å². The Labute approximate surface area is 565 Å². The number of allylic oxidation sites excluding steroid dienone is 10. The van der Waals surface area contributed by atoms with Gasteiger partial charge >= 0.3 is 0 Å². The third-order valence-electron chi connectivity index (χ3n) is 20.9. The Hall–Kier alpha value is -7.56. The zero-order valence-electron chi connectivity index (χ0n) is 59.0. The fraction of sp³-hybridized carbons (Fsp3) is 0.422. The van der Waals surface area contributed by atoms with Gasteiger partial charge in [0.05, 0.1) is 23.3 Å². The standard InChI is InChI=1S/C83H98N2O2.C7H14/c1-10-16-19-20-24-39-67-40-31-45-75-74(42-18-12-3)81(87-82(67)75)61(9)85(69-54-49-64(50-55-69)63(33-13-4)34-14-5)78-57-52-66-51-56-70-60(8)80(66)76(78)43-29-23-30-47-77(70)84(68(15-6)53-48-59(7)62-35-25-21-26-36-62)58-79-72(41-17-11-2)73-46-32-44-71(83(73)86-79)65-37-27-22-28-38-65;1-7-5-3-2-4-6-7/h11-12,15,17-18,29-32,40-58,62-63,65H,7-8,10,13-14,16,19-28,33-39H2,1-6,9H3;7H,2-6H2,1H3/b17-11-,18-12-,43-29-,47-30-,53-48-,68-15+,72-41-,74-42-,77-70+,79-58-,81-61-;. The van der Waals surface area contributed by atoms with Crippen molar-refractivity contribution >= 4 is 86.5 Å². The monoisotopic (exact) mass is 1250 g/mol. The highest BCUT2D eigenvalue weighted by Gasteiger charge is 2.25. The number of nitrogens with zero attached hydrogens (tertiary/aromatic N) is 2. The summed E-state index contributed by atoms with van der Waals surface area (Å²) in [5.74, 6) is 2.55. The van der Waals surface area contributed by atoms with Crippen LogP contribution in [0.3, 0.4) is 0 Å². The molecule has 2 heterocycles. The van der Waals surface area contributed by atoms with Gasteiger partial charge in [-0.05, 0) is 172 Å². The molecule has 0 radical (unpaired) electrons. The van der Waals surface area contributed by atoms with Crippen LogP contribution in [0.5, 0.6) is 0 Å². The number of furan rings is 2. The van der Waals surface area contributed by atoms with E-state index < -0.39 is 0 Å². The largest absolute Gasteiger partial charge is 0.454 e. The molecule has 3 saturated carbocycles. The maximum atomic E-state index is 7.35. The van der Waals surface area contributed by atoms with Crippen LogP contribution in [0.15, 0.2) is 172 Å². The fourth-order valence-corrected chi connectivity index (χ4v) is 15.7. The van der Waals surface area contributed by atoms with Crippen LogP contribution in [-0.4, -0.2) is 4.90 Å². The van der Waals surface area contributed by atoms with E-state index in [9.17, 15) is 0 Å². The molecule has 7 aromatic rings. The van der Waals surface area contributed by atoms with Crippen molar-refractivity contribution in [2.75, 3.05) is 4.90 Å². The average molecular weight is 1250 g/mol. The molecule has 94 heavy (non-hydrogen) atoms. The van der Waals surface area contributed by atoms with Crippen LogP contribution in [0.1, 0.15) is 250 Å². The van der Waals surface area contributed by atoms with E-state index in [-0.39, 0.29) is 0 Å². The second-order valence-electron chi connectivity index (χ2n) is 27.7. The Bertz CT molecular complexity index is 4260. The number of hydrogen-bond donors (Lipinski definition) is 0. The highest BCUT2D eigenvalue weighted by Crippen LogP contribution is 2.40. The fourth-order valence-electron chi connectivity index (χ4n) is 15.7. The van der Waals surface area contributed by atoms with Gasteiger partial charge in [0, 0.05) is 43.4 Å². The molecule has 0 amide bonds. The molecule has 5 aromatic carbocycles. The van der Waals surface area contributed by atoms with Gasteiger partial charge < -0.3 is 18.6 Å². The number of fused-ring (bicyclic) bond motifs is 3. The lowest BCUT2D eigenvalue weighted by molar-refractivity contribution is 0.385. The minimum absolute atomic E-state index is 0.488.